The van der Waals surface area contributed by atoms with Crippen molar-refractivity contribution in [3.63, 3.8) is 0 Å². The van der Waals surface area contributed by atoms with Crippen LogP contribution in [-0.4, -0.2) is 19.3 Å². The minimum absolute atomic E-state index is 0.0639. The largest absolute Gasteiger partial charge is 0.497 e. The van der Waals surface area contributed by atoms with Crippen LogP contribution in [0.5, 0.6) is 5.75 Å². The first-order valence-electron chi connectivity index (χ1n) is 6.42. The second-order valence-corrected chi connectivity index (χ2v) is 4.89. The molecule has 1 N–H and O–H groups in total. The van der Waals surface area contributed by atoms with Crippen LogP contribution in [0.2, 0.25) is 0 Å². The topological polar surface area (TPSA) is 30.5 Å². The third-order valence-electron chi connectivity index (χ3n) is 3.80. The molecule has 0 bridgehead atoms. The molecule has 0 spiro atoms. The van der Waals surface area contributed by atoms with Crippen molar-refractivity contribution >= 4 is 0 Å². The third-order valence-corrected chi connectivity index (χ3v) is 3.80. The van der Waals surface area contributed by atoms with Crippen LogP contribution in [0.4, 0.5) is 0 Å². The molecule has 3 heteroatoms. The zero-order valence-corrected chi connectivity index (χ0v) is 10.2. The van der Waals surface area contributed by atoms with Crippen molar-refractivity contribution in [1.29, 1.82) is 0 Å². The fourth-order valence-corrected chi connectivity index (χ4v) is 2.81. The van der Waals surface area contributed by atoms with Gasteiger partial charge in [-0.3, -0.25) is 5.32 Å². The highest BCUT2D eigenvalue weighted by Crippen LogP contribution is 2.33. The molecule has 92 valence electrons. The van der Waals surface area contributed by atoms with Gasteiger partial charge in [0.25, 0.3) is 0 Å². The minimum atomic E-state index is 0.0639. The number of ether oxygens (including phenoxy) is 2. The van der Waals surface area contributed by atoms with Crippen LogP contribution in [0, 0.1) is 0 Å². The summed E-state index contributed by atoms with van der Waals surface area (Å²) in [5.74, 6) is 0.893. The van der Waals surface area contributed by atoms with Crippen molar-refractivity contribution in [2.24, 2.45) is 0 Å². The molecular weight excluding hydrogens is 214 g/mol. The Kier molecular flexibility index (Phi) is 3.04. The van der Waals surface area contributed by atoms with Crippen LogP contribution in [0.3, 0.4) is 0 Å². The fourth-order valence-electron chi connectivity index (χ4n) is 2.81. The second-order valence-electron chi connectivity index (χ2n) is 4.89. The summed E-state index contributed by atoms with van der Waals surface area (Å²) in [7, 11) is 1.69. The summed E-state index contributed by atoms with van der Waals surface area (Å²) < 4.78 is 11.2. The zero-order valence-electron chi connectivity index (χ0n) is 10.2. The summed E-state index contributed by atoms with van der Waals surface area (Å²) in [6.07, 6.45) is 5.55. The highest BCUT2D eigenvalue weighted by atomic mass is 16.5. The summed E-state index contributed by atoms with van der Waals surface area (Å²) in [6, 6.07) is 8.68. The number of nitrogens with one attached hydrogen (secondary N) is 1. The van der Waals surface area contributed by atoms with E-state index in [0.717, 1.165) is 5.75 Å². The lowest BCUT2D eigenvalue weighted by Crippen LogP contribution is -2.33. The highest BCUT2D eigenvalue weighted by molar-refractivity contribution is 5.28. The zero-order chi connectivity index (χ0) is 11.7. The molecule has 1 aromatic carbocycles. The lowest BCUT2D eigenvalue weighted by atomic mass is 9.93. The Labute approximate surface area is 102 Å². The molecule has 1 aromatic rings. The molecule has 0 aromatic heterocycles. The maximum Gasteiger partial charge on any atom is 0.135 e. The standard InChI is InChI=1S/C14H19NO2/c1-16-11-8-6-10(7-9-11)14-15-12-4-2-3-5-13(12)17-14/h6-9,12-15H,2-5H2,1H3/t12-,13+,14-/m0/s1. The van der Waals surface area contributed by atoms with Gasteiger partial charge in [0, 0.05) is 6.04 Å². The summed E-state index contributed by atoms with van der Waals surface area (Å²) in [6.45, 7) is 0. The number of hydrogen-bond acceptors (Lipinski definition) is 3. The van der Waals surface area contributed by atoms with Gasteiger partial charge in [-0.2, -0.15) is 0 Å². The predicted octanol–water partition coefficient (Wildman–Crippen LogP) is 2.62. The molecule has 1 aliphatic heterocycles. The quantitative estimate of drug-likeness (QED) is 0.851. The van der Waals surface area contributed by atoms with E-state index in [4.69, 9.17) is 9.47 Å². The summed E-state index contributed by atoms with van der Waals surface area (Å²) in [5, 5.41) is 3.58. The lowest BCUT2D eigenvalue weighted by molar-refractivity contribution is 0.0246. The molecule has 1 saturated carbocycles. The monoisotopic (exact) mass is 233 g/mol. The molecule has 1 heterocycles. The van der Waals surface area contributed by atoms with Crippen LogP contribution in [0.25, 0.3) is 0 Å². The van der Waals surface area contributed by atoms with E-state index >= 15 is 0 Å². The van der Waals surface area contributed by atoms with Crippen LogP contribution in [0.1, 0.15) is 37.5 Å². The first-order chi connectivity index (χ1) is 8.36. The SMILES string of the molecule is COc1ccc([C@H]2N[C@H]3CCCC[C@H]3O2)cc1. The van der Waals surface area contributed by atoms with Crippen molar-refractivity contribution in [3.05, 3.63) is 29.8 Å². The van der Waals surface area contributed by atoms with E-state index in [0.29, 0.717) is 12.1 Å². The molecule has 3 nitrogen and oxygen atoms in total. The van der Waals surface area contributed by atoms with E-state index in [1.165, 1.54) is 31.2 Å². The van der Waals surface area contributed by atoms with E-state index in [9.17, 15) is 0 Å². The number of benzene rings is 1. The molecule has 0 unspecified atom stereocenters. The van der Waals surface area contributed by atoms with E-state index < -0.39 is 0 Å². The Hall–Kier alpha value is -1.06. The van der Waals surface area contributed by atoms with Gasteiger partial charge in [0.05, 0.1) is 13.2 Å². The van der Waals surface area contributed by atoms with Crippen molar-refractivity contribution in [2.75, 3.05) is 7.11 Å². The van der Waals surface area contributed by atoms with E-state index in [1.54, 1.807) is 7.11 Å². The van der Waals surface area contributed by atoms with Crippen molar-refractivity contribution < 1.29 is 9.47 Å². The number of fused-ring (bicyclic) bond motifs is 1. The van der Waals surface area contributed by atoms with Crippen LogP contribution in [0.15, 0.2) is 24.3 Å². The van der Waals surface area contributed by atoms with Gasteiger partial charge in [-0.25, -0.2) is 0 Å². The van der Waals surface area contributed by atoms with Gasteiger partial charge in [-0.05, 0) is 30.5 Å². The van der Waals surface area contributed by atoms with Crippen LogP contribution >= 0.6 is 0 Å². The Bertz CT molecular complexity index is 362. The molecule has 0 amide bonds. The van der Waals surface area contributed by atoms with Crippen molar-refractivity contribution in [1.82, 2.24) is 5.32 Å². The maximum absolute atomic E-state index is 6.07. The Morgan fingerprint density at radius 3 is 2.65 bits per heavy atom. The first kappa shape index (κ1) is 11.1. The third kappa shape index (κ3) is 2.17. The van der Waals surface area contributed by atoms with Gasteiger partial charge in [0.1, 0.15) is 12.0 Å². The molecule has 0 radical (unpaired) electrons. The summed E-state index contributed by atoms with van der Waals surface area (Å²) in [5.41, 5.74) is 1.19. The normalized spacial score (nSPS) is 32.2. The predicted molar refractivity (Wildman–Crippen MR) is 66.0 cm³/mol. The molecule has 2 aliphatic rings. The van der Waals surface area contributed by atoms with Crippen LogP contribution in [-0.2, 0) is 4.74 Å². The van der Waals surface area contributed by atoms with Gasteiger partial charge < -0.3 is 9.47 Å². The average molecular weight is 233 g/mol. The maximum atomic E-state index is 6.07. The van der Waals surface area contributed by atoms with Gasteiger partial charge in [-0.1, -0.05) is 25.0 Å². The number of hydrogen-bond donors (Lipinski definition) is 1. The van der Waals surface area contributed by atoms with Crippen molar-refractivity contribution in [3.8, 4) is 5.75 Å². The molecule has 1 saturated heterocycles. The molecule has 17 heavy (non-hydrogen) atoms. The smallest absolute Gasteiger partial charge is 0.135 e. The molecule has 2 fully saturated rings. The minimum Gasteiger partial charge on any atom is -0.497 e. The van der Waals surface area contributed by atoms with E-state index in [1.807, 2.05) is 12.1 Å². The number of methoxy groups -OCH3 is 1. The summed E-state index contributed by atoms with van der Waals surface area (Å²) >= 11 is 0. The van der Waals surface area contributed by atoms with Crippen molar-refractivity contribution in [2.45, 2.75) is 44.1 Å². The summed E-state index contributed by atoms with van der Waals surface area (Å²) in [4.78, 5) is 0. The first-order valence-corrected chi connectivity index (χ1v) is 6.42. The van der Waals surface area contributed by atoms with Gasteiger partial charge in [0.15, 0.2) is 0 Å². The fraction of sp³-hybridized carbons (Fsp3) is 0.571. The Morgan fingerprint density at radius 1 is 1.18 bits per heavy atom. The highest BCUT2D eigenvalue weighted by Gasteiger charge is 2.36. The average Bonchev–Trinajstić information content (AvgIpc) is 2.82. The Morgan fingerprint density at radius 2 is 1.94 bits per heavy atom. The molecule has 3 rings (SSSR count). The van der Waals surface area contributed by atoms with Crippen LogP contribution < -0.4 is 10.1 Å². The van der Waals surface area contributed by atoms with E-state index in [2.05, 4.69) is 17.4 Å². The number of rotatable bonds is 2. The Balaban J connectivity index is 1.72. The van der Waals surface area contributed by atoms with Gasteiger partial charge in [0.2, 0.25) is 0 Å². The molecule has 3 atom stereocenters. The van der Waals surface area contributed by atoms with Gasteiger partial charge >= 0.3 is 0 Å². The van der Waals surface area contributed by atoms with E-state index in [-0.39, 0.29) is 6.23 Å². The molecular formula is C14H19NO2. The lowest BCUT2D eigenvalue weighted by Gasteiger charge is -2.22. The molecule has 1 aliphatic carbocycles. The van der Waals surface area contributed by atoms with Gasteiger partial charge in [-0.15, -0.1) is 0 Å². The second kappa shape index (κ2) is 4.67.